The number of hydrogen-bond acceptors (Lipinski definition) is 4. The molecule has 1 aromatic heterocycles. The van der Waals surface area contributed by atoms with Crippen LogP contribution in [0.1, 0.15) is 38.4 Å². The quantitative estimate of drug-likeness (QED) is 0.367. The molecular weight excluding hydrogens is 433 g/mol. The Labute approximate surface area is 166 Å². The molecule has 1 aliphatic heterocycles. The number of hydrogen-bond donors (Lipinski definition) is 0. The van der Waals surface area contributed by atoms with Crippen molar-refractivity contribution in [3.63, 3.8) is 0 Å². The van der Waals surface area contributed by atoms with Gasteiger partial charge in [-0.15, -0.1) is 4.57 Å². The van der Waals surface area contributed by atoms with Gasteiger partial charge in [0.25, 0.3) is 0 Å². The van der Waals surface area contributed by atoms with Gasteiger partial charge in [-0.2, -0.15) is 0 Å². The molecule has 4 nitrogen and oxygen atoms in total. The van der Waals surface area contributed by atoms with Gasteiger partial charge in [-0.1, -0.05) is 25.1 Å². The van der Waals surface area contributed by atoms with Gasteiger partial charge in [0.05, 0.1) is 11.1 Å². The number of aromatic nitrogens is 1. The fourth-order valence-corrected chi connectivity index (χ4v) is 3.46. The highest BCUT2D eigenvalue weighted by Gasteiger charge is 2.25. The van der Waals surface area contributed by atoms with Crippen molar-refractivity contribution in [2.24, 2.45) is 0 Å². The first kappa shape index (κ1) is 21.0. The summed E-state index contributed by atoms with van der Waals surface area (Å²) in [7, 11) is 3.98. The molecule has 2 rings (SSSR count). The van der Waals surface area contributed by atoms with Crippen molar-refractivity contribution in [2.75, 3.05) is 25.5 Å². The Hall–Kier alpha value is -1.02. The second kappa shape index (κ2) is 9.46. The summed E-state index contributed by atoms with van der Waals surface area (Å²) in [4.78, 5) is 18.1. The maximum Gasteiger partial charge on any atom is 0.420 e. The SMILES string of the molecule is CCCCN1C(=CC(=O)[n+]2ccc(N(C)C)cc2)SC(C)=C1C.[I-]. The van der Waals surface area contributed by atoms with Crippen LogP contribution in [0, 0.1) is 0 Å². The average molecular weight is 459 g/mol. The van der Waals surface area contributed by atoms with Crippen LogP contribution in [0.5, 0.6) is 0 Å². The Morgan fingerprint density at radius 3 is 2.46 bits per heavy atom. The zero-order chi connectivity index (χ0) is 17.0. The van der Waals surface area contributed by atoms with Crippen molar-refractivity contribution in [3.05, 3.63) is 46.2 Å². The van der Waals surface area contributed by atoms with Crippen LogP contribution >= 0.6 is 11.8 Å². The fraction of sp³-hybridized carbons (Fsp3) is 0.444. The zero-order valence-corrected chi connectivity index (χ0v) is 18.0. The number of halogens is 1. The topological polar surface area (TPSA) is 27.4 Å². The summed E-state index contributed by atoms with van der Waals surface area (Å²) >= 11 is 1.69. The Kier molecular flexibility index (Phi) is 8.29. The molecule has 24 heavy (non-hydrogen) atoms. The molecule has 0 saturated heterocycles. The predicted molar refractivity (Wildman–Crippen MR) is 97.3 cm³/mol. The summed E-state index contributed by atoms with van der Waals surface area (Å²) in [5.41, 5.74) is 2.34. The molecule has 0 amide bonds. The first-order valence-corrected chi connectivity index (χ1v) is 8.83. The molecule has 1 aromatic rings. The van der Waals surface area contributed by atoms with E-state index in [1.165, 1.54) is 10.6 Å². The number of rotatable bonds is 5. The van der Waals surface area contributed by atoms with Gasteiger partial charge in [-0.3, -0.25) is 0 Å². The summed E-state index contributed by atoms with van der Waals surface area (Å²) < 4.78 is 1.63. The Bertz CT molecular complexity index is 638. The minimum Gasteiger partial charge on any atom is -1.00 e. The van der Waals surface area contributed by atoms with E-state index in [9.17, 15) is 4.79 Å². The second-order valence-corrected chi connectivity index (χ2v) is 7.16. The number of carbonyl (C=O) groups is 1. The molecule has 0 aromatic carbocycles. The maximum absolute atomic E-state index is 12.5. The second-order valence-electron chi connectivity index (χ2n) is 5.93. The van der Waals surface area contributed by atoms with Crippen LogP contribution in [0.3, 0.4) is 0 Å². The van der Waals surface area contributed by atoms with E-state index in [-0.39, 0.29) is 29.9 Å². The van der Waals surface area contributed by atoms with E-state index in [0.29, 0.717) is 0 Å². The highest BCUT2D eigenvalue weighted by atomic mass is 127. The number of anilines is 1. The lowest BCUT2D eigenvalue weighted by Crippen LogP contribution is -3.00. The van der Waals surface area contributed by atoms with Crippen molar-refractivity contribution in [2.45, 2.75) is 33.6 Å². The fourth-order valence-electron chi connectivity index (χ4n) is 2.39. The number of carbonyl (C=O) groups excluding carboxylic acids is 1. The summed E-state index contributed by atoms with van der Waals surface area (Å²) in [5, 5.41) is 1.03. The lowest BCUT2D eigenvalue weighted by atomic mass is 10.3. The molecule has 0 saturated carbocycles. The van der Waals surface area contributed by atoms with Gasteiger partial charge in [0, 0.05) is 49.1 Å². The van der Waals surface area contributed by atoms with E-state index in [4.69, 9.17) is 0 Å². The Balaban J connectivity index is 0.00000288. The molecule has 0 fully saturated rings. The van der Waals surface area contributed by atoms with E-state index in [1.54, 1.807) is 22.4 Å². The highest BCUT2D eigenvalue weighted by molar-refractivity contribution is 8.06. The Morgan fingerprint density at radius 2 is 1.92 bits per heavy atom. The molecule has 0 bridgehead atoms. The minimum atomic E-state index is -0.0122. The van der Waals surface area contributed by atoms with Gasteiger partial charge in [0.15, 0.2) is 12.4 Å². The van der Waals surface area contributed by atoms with E-state index >= 15 is 0 Å². The predicted octanol–water partition coefficient (Wildman–Crippen LogP) is 0.626. The molecule has 0 spiro atoms. The molecule has 132 valence electrons. The summed E-state index contributed by atoms with van der Waals surface area (Å²) in [6.07, 6.45) is 7.66. The van der Waals surface area contributed by atoms with E-state index in [1.807, 2.05) is 43.5 Å². The van der Waals surface area contributed by atoms with E-state index in [0.717, 1.165) is 30.1 Å². The largest absolute Gasteiger partial charge is 1.00 e. The highest BCUT2D eigenvalue weighted by Crippen LogP contribution is 2.40. The van der Waals surface area contributed by atoms with E-state index in [2.05, 4.69) is 25.7 Å². The molecule has 0 atom stereocenters. The lowest BCUT2D eigenvalue weighted by Gasteiger charge is -2.20. The standard InChI is InChI=1S/C18H26N3OS.HI/c1-6-7-10-21-14(2)15(3)23-18(21)13-17(22)20-11-8-16(9-12-20)19(4)5;/h8-9,11-13H,6-7,10H2,1-5H3;1H/q+1;/p-1. The number of allylic oxidation sites excluding steroid dienone is 3. The molecule has 6 heteroatoms. The Morgan fingerprint density at radius 1 is 1.29 bits per heavy atom. The monoisotopic (exact) mass is 459 g/mol. The summed E-state index contributed by atoms with van der Waals surface area (Å²) in [5.74, 6) is -0.0122. The van der Waals surface area contributed by atoms with Crippen LogP contribution in [0.2, 0.25) is 0 Å². The minimum absolute atomic E-state index is 0. The first-order chi connectivity index (χ1) is 10.9. The normalized spacial score (nSPS) is 15.7. The number of pyridine rings is 1. The summed E-state index contributed by atoms with van der Waals surface area (Å²) in [6.45, 7) is 7.40. The number of unbranched alkanes of at least 4 members (excludes halogenated alkanes) is 1. The van der Waals surface area contributed by atoms with Crippen LogP contribution < -0.4 is 33.4 Å². The third-order valence-corrected chi connectivity index (χ3v) is 5.15. The molecule has 0 radical (unpaired) electrons. The van der Waals surface area contributed by atoms with Crippen molar-refractivity contribution in [1.29, 1.82) is 0 Å². The van der Waals surface area contributed by atoms with Crippen LogP contribution in [0.15, 0.2) is 46.2 Å². The van der Waals surface area contributed by atoms with Gasteiger partial charge < -0.3 is 33.8 Å². The maximum atomic E-state index is 12.5. The van der Waals surface area contributed by atoms with Gasteiger partial charge in [-0.25, -0.2) is 4.79 Å². The van der Waals surface area contributed by atoms with Crippen molar-refractivity contribution < 1.29 is 33.3 Å². The summed E-state index contributed by atoms with van der Waals surface area (Å²) in [6, 6.07) is 3.89. The van der Waals surface area contributed by atoms with Crippen molar-refractivity contribution in [1.82, 2.24) is 4.90 Å². The first-order valence-electron chi connectivity index (χ1n) is 8.01. The molecule has 1 aliphatic rings. The number of thioether (sulfide) groups is 1. The third kappa shape index (κ3) is 4.99. The average Bonchev–Trinajstić information content (AvgIpc) is 2.79. The van der Waals surface area contributed by atoms with Crippen LogP contribution in [0.25, 0.3) is 0 Å². The smallest absolute Gasteiger partial charge is 0.420 e. The van der Waals surface area contributed by atoms with Crippen LogP contribution in [-0.4, -0.2) is 31.4 Å². The van der Waals surface area contributed by atoms with Gasteiger partial charge in [-0.05, 0) is 20.3 Å². The van der Waals surface area contributed by atoms with Crippen LogP contribution in [0.4, 0.5) is 5.69 Å². The molecule has 2 heterocycles. The van der Waals surface area contributed by atoms with Crippen LogP contribution in [-0.2, 0) is 0 Å². The third-order valence-electron chi connectivity index (χ3n) is 4.00. The molecular formula is C18H26IN3OS. The van der Waals surface area contributed by atoms with Gasteiger partial charge in [0.2, 0.25) is 0 Å². The van der Waals surface area contributed by atoms with Gasteiger partial charge >= 0.3 is 5.91 Å². The molecule has 0 unspecified atom stereocenters. The van der Waals surface area contributed by atoms with E-state index < -0.39 is 0 Å². The zero-order valence-electron chi connectivity index (χ0n) is 15.0. The van der Waals surface area contributed by atoms with Crippen molar-refractivity contribution in [3.8, 4) is 0 Å². The molecule has 0 aliphatic carbocycles. The van der Waals surface area contributed by atoms with Crippen molar-refractivity contribution >= 4 is 23.4 Å². The lowest BCUT2D eigenvalue weighted by molar-refractivity contribution is -0.570. The van der Waals surface area contributed by atoms with Gasteiger partial charge in [0.1, 0.15) is 0 Å². The number of nitrogens with zero attached hydrogens (tertiary/aromatic N) is 3. The molecule has 0 N–H and O–H groups in total.